The van der Waals surface area contributed by atoms with Gasteiger partial charge in [0.2, 0.25) is 0 Å². The molecular weight excluding hydrogens is 354 g/mol. The van der Waals surface area contributed by atoms with Gasteiger partial charge >= 0.3 is 0 Å². The molecule has 2 aliphatic rings. The fourth-order valence-corrected chi connectivity index (χ4v) is 4.20. The molecule has 1 heterocycles. The van der Waals surface area contributed by atoms with Gasteiger partial charge in [0.25, 0.3) is 5.92 Å². The number of nitrogens with one attached hydrogen (secondary N) is 1. The third-order valence-corrected chi connectivity index (χ3v) is 5.77. The second kappa shape index (κ2) is 7.98. The van der Waals surface area contributed by atoms with Crippen molar-refractivity contribution in [1.29, 1.82) is 0 Å². The van der Waals surface area contributed by atoms with Crippen molar-refractivity contribution >= 4 is 6.08 Å². The van der Waals surface area contributed by atoms with Gasteiger partial charge in [0.05, 0.1) is 12.6 Å². The quantitative estimate of drug-likeness (QED) is 0.670. The summed E-state index contributed by atoms with van der Waals surface area (Å²) in [6.45, 7) is 12.9. The highest BCUT2D eigenvalue weighted by atomic mass is 19.3. The Morgan fingerprint density at radius 3 is 2.57 bits per heavy atom. The molecule has 0 bridgehead atoms. The summed E-state index contributed by atoms with van der Waals surface area (Å²) in [7, 11) is 0. The second-order valence-electron chi connectivity index (χ2n) is 9.74. The molecule has 1 saturated carbocycles. The number of nitrogens with zero attached hydrogens (tertiary/aromatic N) is 1. The lowest BCUT2D eigenvalue weighted by atomic mass is 9.89. The molecule has 3 rings (SSSR count). The van der Waals surface area contributed by atoms with E-state index in [1.54, 1.807) is 4.90 Å². The van der Waals surface area contributed by atoms with Crippen LogP contribution in [0.5, 0.6) is 0 Å². The van der Waals surface area contributed by atoms with Gasteiger partial charge in [-0.3, -0.25) is 0 Å². The van der Waals surface area contributed by atoms with Crippen molar-refractivity contribution in [1.82, 2.24) is 10.2 Å². The summed E-state index contributed by atoms with van der Waals surface area (Å²) >= 11 is 0. The van der Waals surface area contributed by atoms with E-state index in [-0.39, 0.29) is 18.0 Å². The fraction of sp³-hybridized carbons (Fsp3) is 0.583. The first-order valence-electron chi connectivity index (χ1n) is 10.3. The van der Waals surface area contributed by atoms with Crippen LogP contribution in [0.25, 0.3) is 6.08 Å². The molecule has 0 spiro atoms. The summed E-state index contributed by atoms with van der Waals surface area (Å²) < 4.78 is 29.6. The summed E-state index contributed by atoms with van der Waals surface area (Å²) in [5.41, 5.74) is 3.33. The van der Waals surface area contributed by atoms with E-state index >= 15 is 0 Å². The normalized spacial score (nSPS) is 27.6. The molecule has 0 radical (unpaired) electrons. The number of hydrogen-bond acceptors (Lipinski definition) is 2. The van der Waals surface area contributed by atoms with E-state index in [1.165, 1.54) is 11.1 Å². The Balaban J connectivity index is 1.54. The van der Waals surface area contributed by atoms with Gasteiger partial charge in [-0.2, -0.15) is 0 Å². The third-order valence-electron chi connectivity index (χ3n) is 5.77. The van der Waals surface area contributed by atoms with Crippen LogP contribution in [0.1, 0.15) is 52.5 Å². The predicted octanol–water partition coefficient (Wildman–Crippen LogP) is 5.73. The molecule has 3 unspecified atom stereocenters. The molecule has 2 nitrogen and oxygen atoms in total. The number of likely N-dealkylation sites (tertiary alicyclic amines) is 1. The number of allylic oxidation sites excluding steroid dienone is 1. The molecule has 3 atom stereocenters. The largest absolute Gasteiger partial charge is 0.369 e. The van der Waals surface area contributed by atoms with Crippen LogP contribution in [0.3, 0.4) is 0 Å². The van der Waals surface area contributed by atoms with Crippen LogP contribution < -0.4 is 5.32 Å². The lowest BCUT2D eigenvalue weighted by Gasteiger charge is -2.42. The van der Waals surface area contributed by atoms with Gasteiger partial charge in [-0.1, -0.05) is 69.3 Å². The number of piperidine rings is 1. The van der Waals surface area contributed by atoms with Gasteiger partial charge in [-0.15, -0.1) is 0 Å². The Kier molecular flexibility index (Phi) is 6.00. The van der Waals surface area contributed by atoms with Crippen molar-refractivity contribution in [2.24, 2.45) is 11.3 Å². The minimum Gasteiger partial charge on any atom is -0.369 e. The molecule has 1 aromatic carbocycles. The van der Waals surface area contributed by atoms with Gasteiger partial charge in [0.15, 0.2) is 0 Å². The number of hydrogen-bond donors (Lipinski definition) is 1. The summed E-state index contributed by atoms with van der Waals surface area (Å²) in [4.78, 5) is 1.79. The molecular formula is C24H34F2N2. The Hall–Kier alpha value is -1.68. The zero-order valence-electron chi connectivity index (χ0n) is 17.6. The van der Waals surface area contributed by atoms with Crippen LogP contribution in [-0.4, -0.2) is 36.0 Å². The summed E-state index contributed by atoms with van der Waals surface area (Å²) in [6.07, 6.45) is 4.32. The van der Waals surface area contributed by atoms with Crippen molar-refractivity contribution in [3.05, 3.63) is 53.7 Å². The van der Waals surface area contributed by atoms with E-state index < -0.39 is 12.0 Å². The lowest BCUT2D eigenvalue weighted by molar-refractivity contribution is -0.0843. The van der Waals surface area contributed by atoms with Crippen molar-refractivity contribution in [2.75, 3.05) is 13.1 Å². The molecule has 1 aromatic rings. The van der Waals surface area contributed by atoms with Crippen molar-refractivity contribution in [3.8, 4) is 0 Å². The smallest absolute Gasteiger partial charge is 0.280 e. The molecule has 1 aliphatic heterocycles. The highest BCUT2D eigenvalue weighted by molar-refractivity contribution is 5.53. The molecule has 28 heavy (non-hydrogen) atoms. The van der Waals surface area contributed by atoms with Crippen molar-refractivity contribution in [3.63, 3.8) is 0 Å². The molecule has 4 heteroatoms. The van der Waals surface area contributed by atoms with E-state index in [9.17, 15) is 8.78 Å². The number of benzene rings is 1. The Labute approximate surface area is 168 Å². The Bertz CT molecular complexity index is 718. The Morgan fingerprint density at radius 1 is 1.29 bits per heavy atom. The van der Waals surface area contributed by atoms with Gasteiger partial charge in [0.1, 0.15) is 0 Å². The van der Waals surface area contributed by atoms with Crippen LogP contribution in [-0.2, 0) is 0 Å². The zero-order valence-corrected chi connectivity index (χ0v) is 17.6. The molecule has 1 aliphatic carbocycles. The highest BCUT2D eigenvalue weighted by Crippen LogP contribution is 2.41. The second-order valence-corrected chi connectivity index (χ2v) is 9.74. The Morgan fingerprint density at radius 2 is 1.96 bits per heavy atom. The van der Waals surface area contributed by atoms with Crippen LogP contribution in [0.15, 0.2) is 48.2 Å². The van der Waals surface area contributed by atoms with E-state index in [0.717, 1.165) is 18.5 Å². The molecule has 1 N–H and O–H groups in total. The number of alkyl halides is 2. The molecule has 2 fully saturated rings. The predicted molar refractivity (Wildman–Crippen MR) is 113 cm³/mol. The van der Waals surface area contributed by atoms with Crippen LogP contribution >= 0.6 is 0 Å². The first kappa shape index (κ1) is 21.0. The van der Waals surface area contributed by atoms with E-state index in [1.807, 2.05) is 18.2 Å². The lowest BCUT2D eigenvalue weighted by Crippen LogP contribution is -2.57. The first-order valence-corrected chi connectivity index (χ1v) is 10.3. The minimum absolute atomic E-state index is 0.0608. The van der Waals surface area contributed by atoms with Crippen LogP contribution in [0.4, 0.5) is 8.78 Å². The fourth-order valence-electron chi connectivity index (χ4n) is 4.20. The monoisotopic (exact) mass is 388 g/mol. The van der Waals surface area contributed by atoms with Gasteiger partial charge in [-0.05, 0) is 43.1 Å². The molecule has 154 valence electrons. The average Bonchev–Trinajstić information content (AvgIpc) is 3.35. The number of rotatable bonds is 6. The third kappa shape index (κ3) is 5.44. The highest BCUT2D eigenvalue weighted by Gasteiger charge is 2.49. The number of halogens is 2. The molecule has 1 saturated heterocycles. The van der Waals surface area contributed by atoms with Gasteiger partial charge in [-0.25, -0.2) is 8.78 Å². The van der Waals surface area contributed by atoms with Crippen LogP contribution in [0, 0.1) is 11.3 Å². The topological polar surface area (TPSA) is 15.3 Å². The molecule has 0 aromatic heterocycles. The van der Waals surface area contributed by atoms with E-state index in [2.05, 4.69) is 57.8 Å². The van der Waals surface area contributed by atoms with Gasteiger partial charge < -0.3 is 10.2 Å². The summed E-state index contributed by atoms with van der Waals surface area (Å²) in [6, 6.07) is 9.60. The zero-order chi connectivity index (χ0) is 20.5. The summed E-state index contributed by atoms with van der Waals surface area (Å²) in [5.74, 6) is -2.37. The SMILES string of the molecule is C=C(CC(C)(C)C)N1CCC(NC2CC2/C(C)=C/c2ccccc2)C(F)(F)C1. The maximum atomic E-state index is 14.8. The summed E-state index contributed by atoms with van der Waals surface area (Å²) in [5, 5.41) is 3.26. The van der Waals surface area contributed by atoms with Crippen molar-refractivity contribution in [2.45, 2.75) is 65.0 Å². The molecule has 0 amide bonds. The van der Waals surface area contributed by atoms with E-state index in [0.29, 0.717) is 18.9 Å². The first-order chi connectivity index (χ1) is 13.0. The maximum Gasteiger partial charge on any atom is 0.280 e. The minimum atomic E-state index is -2.73. The van der Waals surface area contributed by atoms with Crippen molar-refractivity contribution < 1.29 is 8.78 Å². The maximum absolute atomic E-state index is 14.8. The standard InChI is InChI=1S/C24H34F2N2/c1-17(13-19-9-7-6-8-10-19)20-14-21(20)27-22-11-12-28(16-24(22,25)26)18(2)15-23(3,4)5/h6-10,13,20-22,27H,2,11-12,14-16H2,1,3-5H3/b17-13+. The van der Waals surface area contributed by atoms with Gasteiger partial charge in [0, 0.05) is 18.3 Å². The average molecular weight is 389 g/mol. The van der Waals surface area contributed by atoms with Crippen LogP contribution in [0.2, 0.25) is 0 Å². The van der Waals surface area contributed by atoms with E-state index in [4.69, 9.17) is 0 Å².